The summed E-state index contributed by atoms with van der Waals surface area (Å²) in [5.41, 5.74) is 2.41. The van der Waals surface area contributed by atoms with E-state index in [0.717, 1.165) is 37.2 Å². The van der Waals surface area contributed by atoms with Crippen molar-refractivity contribution in [2.45, 2.75) is 98.4 Å². The number of rotatable bonds is 11. The molecule has 3 fully saturated rings. The number of anilines is 1. The van der Waals surface area contributed by atoms with Gasteiger partial charge in [0, 0.05) is 71.9 Å². The molecule has 1 saturated carbocycles. The van der Waals surface area contributed by atoms with Crippen LogP contribution in [0, 0.1) is 27.6 Å². The van der Waals surface area contributed by atoms with E-state index in [1.54, 1.807) is 24.3 Å². The molecule has 2 saturated heterocycles. The van der Waals surface area contributed by atoms with E-state index >= 15 is 0 Å². The number of hydrogen-bond donors (Lipinski definition) is 4. The molecule has 0 spiro atoms. The highest BCUT2D eigenvalue weighted by Crippen LogP contribution is 2.55. The van der Waals surface area contributed by atoms with Crippen molar-refractivity contribution in [3.63, 3.8) is 0 Å². The zero-order chi connectivity index (χ0) is 39.6. The molecule has 2 aromatic carbocycles. The van der Waals surface area contributed by atoms with E-state index in [9.17, 15) is 24.4 Å². The molecule has 1 unspecified atom stereocenters. The topological polar surface area (TPSA) is 153 Å². The first-order valence-electron chi connectivity index (χ1n) is 18.6. The summed E-state index contributed by atoms with van der Waals surface area (Å²) in [5, 5.41) is 21.5. The van der Waals surface area contributed by atoms with Crippen LogP contribution in [0.3, 0.4) is 0 Å². The fourth-order valence-electron chi connectivity index (χ4n) is 8.12. The summed E-state index contributed by atoms with van der Waals surface area (Å²) >= 11 is 6.24. The van der Waals surface area contributed by atoms with Gasteiger partial charge in [0.15, 0.2) is 0 Å². The first-order valence-corrected chi connectivity index (χ1v) is 19.0. The van der Waals surface area contributed by atoms with Crippen LogP contribution in [-0.4, -0.2) is 67.5 Å². The van der Waals surface area contributed by atoms with Gasteiger partial charge in [-0.15, -0.1) is 0 Å². The second-order valence-corrected chi connectivity index (χ2v) is 17.3. The fourth-order valence-corrected chi connectivity index (χ4v) is 8.33. The summed E-state index contributed by atoms with van der Waals surface area (Å²) in [5.74, 6) is -0.788. The number of benzene rings is 2. The van der Waals surface area contributed by atoms with Gasteiger partial charge in [-0.2, -0.15) is 5.26 Å². The molecule has 4 amide bonds. The van der Waals surface area contributed by atoms with Crippen LogP contribution < -0.4 is 30.9 Å². The third-order valence-corrected chi connectivity index (χ3v) is 11.5. The lowest BCUT2D eigenvalue weighted by molar-refractivity contribution is -0.164. The number of ether oxygens (including phenoxy) is 1. The SMILES string of the molecule is C=C(/C=C(/CNC1CCN(c2ccc(C(=O)N[C@H]3C(C)(C)[C@H](Oc4ccc(C#N)c(Cl)c4)C3(C)C)cc2)CC1)C(C)(C)C)C(=O)NC1CCC(=O)NC1=O. The average Bonchev–Trinajstić information content (AvgIpc) is 3.11. The fraction of sp³-hybridized carbons (Fsp3) is 0.500. The van der Waals surface area contributed by atoms with Crippen LogP contribution in [-0.2, 0) is 14.4 Å². The normalized spacial score (nSPS) is 22.7. The summed E-state index contributed by atoms with van der Waals surface area (Å²) in [6.45, 7) is 20.9. The van der Waals surface area contributed by atoms with Crippen molar-refractivity contribution < 1.29 is 23.9 Å². The molecule has 0 radical (unpaired) electrons. The quantitative estimate of drug-likeness (QED) is 0.127. The molecule has 1 atom stereocenters. The van der Waals surface area contributed by atoms with E-state index in [0.29, 0.717) is 34.5 Å². The molecule has 2 aromatic rings. The van der Waals surface area contributed by atoms with Crippen molar-refractivity contribution in [3.8, 4) is 11.8 Å². The minimum absolute atomic E-state index is 0.130. The van der Waals surface area contributed by atoms with Crippen LogP contribution >= 0.6 is 11.6 Å². The van der Waals surface area contributed by atoms with Crippen molar-refractivity contribution in [1.82, 2.24) is 21.3 Å². The Hall–Kier alpha value is -4.66. The largest absolute Gasteiger partial charge is 0.489 e. The third-order valence-electron chi connectivity index (χ3n) is 11.1. The molecule has 0 bridgehead atoms. The minimum Gasteiger partial charge on any atom is -0.489 e. The molecule has 4 N–H and O–H groups in total. The lowest BCUT2D eigenvalue weighted by Crippen LogP contribution is -2.74. The number of piperidine rings is 2. The van der Waals surface area contributed by atoms with Gasteiger partial charge in [0.1, 0.15) is 24.0 Å². The average molecular weight is 757 g/mol. The van der Waals surface area contributed by atoms with Crippen molar-refractivity contribution in [2.75, 3.05) is 24.5 Å². The van der Waals surface area contributed by atoms with Gasteiger partial charge in [-0.05, 0) is 67.2 Å². The third kappa shape index (κ3) is 8.99. The van der Waals surface area contributed by atoms with E-state index in [-0.39, 0.29) is 58.6 Å². The predicted molar refractivity (Wildman–Crippen MR) is 210 cm³/mol. The Labute approximate surface area is 323 Å². The zero-order valence-corrected chi connectivity index (χ0v) is 33.2. The Kier molecular flexibility index (Phi) is 12.0. The minimum atomic E-state index is -0.750. The Bertz CT molecular complexity index is 1850. The number of halogens is 1. The maximum Gasteiger partial charge on any atom is 0.251 e. The molecule has 288 valence electrons. The van der Waals surface area contributed by atoms with Gasteiger partial charge >= 0.3 is 0 Å². The number of hydrogen-bond acceptors (Lipinski definition) is 8. The van der Waals surface area contributed by atoms with E-state index in [2.05, 4.69) is 87.3 Å². The van der Waals surface area contributed by atoms with Gasteiger partial charge in [0.2, 0.25) is 11.8 Å². The first-order chi connectivity index (χ1) is 25.3. The Morgan fingerprint density at radius 3 is 2.26 bits per heavy atom. The number of imide groups is 1. The van der Waals surface area contributed by atoms with Crippen LogP contribution in [0.1, 0.15) is 90.1 Å². The molecule has 0 aromatic heterocycles. The maximum atomic E-state index is 13.5. The standard InChI is InChI=1S/C42H53ClN6O5/c1-25(35(51)46-33-15-16-34(50)47-37(33)53)21-28(40(2,3)4)24-45-29-17-19-49(20-18-29)30-12-9-26(10-13-30)36(52)48-38-41(5,6)39(42(38,7)8)54-31-14-11-27(23-44)32(43)22-31/h9-14,21-22,29,33,38-39,45H,1,15-20,24H2,2-8H3,(H,46,51)(H,48,52)(H,47,50,53)/b28-21-/t33?,38-,39-. The molecule has 12 heteroatoms. The molecule has 3 aliphatic rings. The lowest BCUT2D eigenvalue weighted by atomic mass is 9.49. The monoisotopic (exact) mass is 756 g/mol. The summed E-state index contributed by atoms with van der Waals surface area (Å²) in [6, 6.07) is 14.3. The highest BCUT2D eigenvalue weighted by Gasteiger charge is 2.64. The Balaban J connectivity index is 1.11. The van der Waals surface area contributed by atoms with Crippen molar-refractivity contribution in [3.05, 3.63) is 82.4 Å². The Morgan fingerprint density at radius 1 is 1.04 bits per heavy atom. The van der Waals surface area contributed by atoms with Gasteiger partial charge in [-0.3, -0.25) is 24.5 Å². The number of carbonyl (C=O) groups is 4. The van der Waals surface area contributed by atoms with Crippen molar-refractivity contribution in [1.29, 1.82) is 5.26 Å². The predicted octanol–water partition coefficient (Wildman–Crippen LogP) is 5.83. The Morgan fingerprint density at radius 2 is 1.69 bits per heavy atom. The number of carbonyl (C=O) groups excluding carboxylic acids is 4. The van der Waals surface area contributed by atoms with Gasteiger partial charge in [-0.1, -0.05) is 72.2 Å². The van der Waals surface area contributed by atoms with Crippen molar-refractivity contribution in [2.24, 2.45) is 16.2 Å². The van der Waals surface area contributed by atoms with Gasteiger partial charge in [0.25, 0.3) is 11.8 Å². The number of nitrogens with one attached hydrogen (secondary N) is 4. The first kappa shape index (κ1) is 40.5. The van der Waals surface area contributed by atoms with Crippen LogP contribution in [0.15, 0.2) is 66.3 Å². The van der Waals surface area contributed by atoms with E-state index in [1.807, 2.05) is 24.3 Å². The van der Waals surface area contributed by atoms with Crippen LogP contribution in [0.5, 0.6) is 5.75 Å². The second kappa shape index (κ2) is 16.0. The summed E-state index contributed by atoms with van der Waals surface area (Å²) in [7, 11) is 0. The van der Waals surface area contributed by atoms with Gasteiger partial charge < -0.3 is 25.6 Å². The number of amides is 4. The lowest BCUT2D eigenvalue weighted by Gasteiger charge is -2.63. The van der Waals surface area contributed by atoms with E-state index in [4.69, 9.17) is 16.3 Å². The number of nitrogens with zero attached hydrogens (tertiary/aromatic N) is 2. The van der Waals surface area contributed by atoms with E-state index in [1.165, 1.54) is 0 Å². The van der Waals surface area contributed by atoms with Gasteiger partial charge in [0.05, 0.1) is 10.6 Å². The second-order valence-electron chi connectivity index (χ2n) is 16.9. The van der Waals surface area contributed by atoms with Crippen LogP contribution in [0.25, 0.3) is 0 Å². The van der Waals surface area contributed by atoms with Crippen LogP contribution in [0.4, 0.5) is 5.69 Å². The molecule has 54 heavy (non-hydrogen) atoms. The van der Waals surface area contributed by atoms with E-state index < -0.39 is 17.9 Å². The molecule has 2 aliphatic heterocycles. The summed E-state index contributed by atoms with van der Waals surface area (Å²) in [6.07, 6.45) is 3.93. The highest BCUT2D eigenvalue weighted by atomic mass is 35.5. The zero-order valence-electron chi connectivity index (χ0n) is 32.4. The summed E-state index contributed by atoms with van der Waals surface area (Å²) in [4.78, 5) is 52.2. The smallest absolute Gasteiger partial charge is 0.251 e. The maximum absolute atomic E-state index is 13.5. The molecule has 1 aliphatic carbocycles. The molecule has 11 nitrogen and oxygen atoms in total. The highest BCUT2D eigenvalue weighted by molar-refractivity contribution is 6.31. The number of nitriles is 1. The molecule has 2 heterocycles. The van der Waals surface area contributed by atoms with Crippen LogP contribution in [0.2, 0.25) is 5.02 Å². The van der Waals surface area contributed by atoms with Gasteiger partial charge in [-0.25, -0.2) is 0 Å². The van der Waals surface area contributed by atoms with Crippen molar-refractivity contribution >= 4 is 40.9 Å². The molecule has 5 rings (SSSR count). The summed E-state index contributed by atoms with van der Waals surface area (Å²) < 4.78 is 6.37. The molecular weight excluding hydrogens is 704 g/mol. The molecular formula is C42H53ClN6O5.